The van der Waals surface area contributed by atoms with Crippen LogP contribution in [0.4, 0.5) is 16.4 Å². The van der Waals surface area contributed by atoms with E-state index in [9.17, 15) is 0 Å². The summed E-state index contributed by atoms with van der Waals surface area (Å²) in [6.07, 6.45) is 0. The van der Waals surface area contributed by atoms with Crippen LogP contribution < -0.4 is 4.90 Å². The first-order valence-electron chi connectivity index (χ1n) is 16.5. The monoisotopic (exact) mass is 590 g/mol. The molecule has 0 aliphatic carbocycles. The van der Waals surface area contributed by atoms with Crippen LogP contribution in [0.1, 0.15) is 6.85 Å². The van der Waals surface area contributed by atoms with Crippen molar-refractivity contribution in [3.05, 3.63) is 164 Å². The van der Waals surface area contributed by atoms with Crippen LogP contribution in [0.25, 0.3) is 52.9 Å². The molecule has 0 saturated carbocycles. The molecule has 8 aromatic rings. The second-order valence-corrected chi connectivity index (χ2v) is 12.4. The van der Waals surface area contributed by atoms with Gasteiger partial charge in [0.1, 0.15) is 5.00 Å². The zero-order valence-corrected chi connectivity index (χ0v) is 24.6. The zero-order valence-electron chi connectivity index (χ0n) is 28.0. The van der Waals surface area contributed by atoms with Crippen molar-refractivity contribution >= 4 is 59.2 Å². The van der Waals surface area contributed by atoms with Crippen LogP contribution in [0.3, 0.4) is 0 Å². The summed E-state index contributed by atoms with van der Waals surface area (Å²) in [5.74, 6) is 0. The zero-order chi connectivity index (χ0) is 32.9. The van der Waals surface area contributed by atoms with E-state index in [-0.39, 0.29) is 29.7 Å². The topological polar surface area (TPSA) is 3.24 Å². The molecule has 8 rings (SSSR count). The fourth-order valence-corrected chi connectivity index (χ4v) is 7.63. The van der Waals surface area contributed by atoms with Crippen LogP contribution in [0.15, 0.2) is 164 Å². The van der Waals surface area contributed by atoms with E-state index in [1.807, 2.05) is 53.8 Å². The minimum Gasteiger partial charge on any atom is -0.302 e. The highest BCUT2D eigenvalue weighted by atomic mass is 32.1. The number of rotatable bonds is 6. The van der Waals surface area contributed by atoms with Gasteiger partial charge in [-0.3, -0.25) is 0 Å². The maximum Gasteiger partial charge on any atom is 0.101 e. The summed E-state index contributed by atoms with van der Waals surface area (Å²) in [7, 11) is 0. The molecule has 0 spiro atoms. The lowest BCUT2D eigenvalue weighted by molar-refractivity contribution is 1.32. The Kier molecular flexibility index (Phi) is 5.35. The normalized spacial score (nSPS) is 12.9. The quantitative estimate of drug-likeness (QED) is 0.186. The Labute approximate surface area is 266 Å². The van der Waals surface area contributed by atoms with Gasteiger partial charge in [0, 0.05) is 36.4 Å². The molecule has 3 heteroatoms. The molecule has 0 saturated heterocycles. The van der Waals surface area contributed by atoms with Crippen molar-refractivity contribution in [2.45, 2.75) is 0 Å². The Morgan fingerprint density at radius 2 is 1.07 bits per heavy atom. The Morgan fingerprint density at radius 1 is 0.442 bits per heavy atom. The van der Waals surface area contributed by atoms with Crippen molar-refractivity contribution in [1.29, 1.82) is 0 Å². The smallest absolute Gasteiger partial charge is 0.101 e. The summed E-state index contributed by atoms with van der Waals surface area (Å²) in [5, 5.41) is 3.63. The molecule has 2 heterocycles. The van der Waals surface area contributed by atoms with Crippen molar-refractivity contribution in [2.75, 3.05) is 4.90 Å². The number of anilines is 3. The van der Waals surface area contributed by atoms with Crippen LogP contribution >= 0.6 is 22.7 Å². The minimum atomic E-state index is -0.391. The molecule has 0 atom stereocenters. The Bertz CT molecular complexity index is 2420. The molecule has 204 valence electrons. The van der Waals surface area contributed by atoms with E-state index in [0.29, 0.717) is 5.56 Å². The van der Waals surface area contributed by atoms with Crippen LogP contribution in [-0.2, 0) is 0 Å². The second kappa shape index (κ2) is 11.0. The molecular weight excluding hydrogens is 559 g/mol. The molecule has 0 bridgehead atoms. The summed E-state index contributed by atoms with van der Waals surface area (Å²) in [6, 6.07) is 44.5. The number of fused-ring (bicyclic) bond motifs is 3. The van der Waals surface area contributed by atoms with Gasteiger partial charge in [-0.15, -0.1) is 22.7 Å². The Hall–Kier alpha value is -4.96. The van der Waals surface area contributed by atoms with Crippen molar-refractivity contribution in [3.8, 4) is 32.7 Å². The van der Waals surface area contributed by atoms with E-state index in [1.165, 1.54) is 31.3 Å². The number of para-hydroxylation sites is 1. The van der Waals surface area contributed by atoms with Gasteiger partial charge in [-0.2, -0.15) is 0 Å². The molecule has 0 unspecified atom stereocenters. The molecule has 0 N–H and O–H groups in total. The SMILES string of the molecule is [2H]c1c([2H])c([2H])c(-c2ccc(N(c3ccccc3)c3ccc(-c4ccc(-c5ccc6sc7ccccc7c6c5)cc4)s3)cc2)c([2H])c1[2H]. The third-order valence-electron chi connectivity index (χ3n) is 7.62. The summed E-state index contributed by atoms with van der Waals surface area (Å²) < 4.78 is 43.5. The number of nitrogens with zero attached hydrogens (tertiary/aromatic N) is 1. The molecule has 2 aromatic heterocycles. The lowest BCUT2D eigenvalue weighted by atomic mass is 10.0. The van der Waals surface area contributed by atoms with E-state index in [1.54, 1.807) is 11.3 Å². The van der Waals surface area contributed by atoms with Gasteiger partial charge in [0.15, 0.2) is 0 Å². The molecule has 0 aliphatic heterocycles. The number of benzene rings is 6. The Morgan fingerprint density at radius 3 is 1.88 bits per heavy atom. The third-order valence-corrected chi connectivity index (χ3v) is 9.89. The molecule has 0 aliphatic rings. The molecule has 0 fully saturated rings. The molecule has 1 nitrogen and oxygen atoms in total. The Balaban J connectivity index is 1.11. The molecule has 6 aromatic carbocycles. The van der Waals surface area contributed by atoms with E-state index in [0.717, 1.165) is 26.8 Å². The van der Waals surface area contributed by atoms with Gasteiger partial charge in [0.05, 0.1) is 6.85 Å². The fraction of sp³-hybridized carbons (Fsp3) is 0. The molecule has 0 radical (unpaired) electrons. The standard InChI is InChI=1S/C40H27NS2/c1-3-9-28(10-4-1)29-19-22-34(23-20-29)41(33-11-5-2-6-12-33)40-26-25-37(43-40)31-17-15-30(16-18-31)32-21-24-39-36(27-32)35-13-7-8-14-38(35)42-39/h1-27H/i1D,3D,4D,9D,10D. The number of thiophene rings is 2. The average Bonchev–Trinajstić information content (AvgIpc) is 3.76. The van der Waals surface area contributed by atoms with Gasteiger partial charge in [-0.25, -0.2) is 0 Å². The second-order valence-electron chi connectivity index (χ2n) is 10.2. The predicted octanol–water partition coefficient (Wildman–Crippen LogP) is 12.6. The lowest BCUT2D eigenvalue weighted by Crippen LogP contribution is -2.07. The van der Waals surface area contributed by atoms with Gasteiger partial charge < -0.3 is 4.90 Å². The first kappa shape index (κ1) is 20.8. The highest BCUT2D eigenvalue weighted by Gasteiger charge is 2.16. The average molecular weight is 591 g/mol. The summed E-state index contributed by atoms with van der Waals surface area (Å²) in [5.41, 5.74) is 6.18. The molecular formula is C40H27NS2. The number of hydrogen-bond acceptors (Lipinski definition) is 3. The number of hydrogen-bond donors (Lipinski definition) is 0. The van der Waals surface area contributed by atoms with Gasteiger partial charge in [-0.05, 0) is 82.4 Å². The third kappa shape index (κ3) is 4.93. The van der Waals surface area contributed by atoms with E-state index >= 15 is 0 Å². The van der Waals surface area contributed by atoms with Crippen LogP contribution in [-0.4, -0.2) is 0 Å². The van der Waals surface area contributed by atoms with Crippen LogP contribution in [0, 0.1) is 0 Å². The molecule has 0 amide bonds. The largest absolute Gasteiger partial charge is 0.302 e. The summed E-state index contributed by atoms with van der Waals surface area (Å²) in [6.45, 7) is 0. The van der Waals surface area contributed by atoms with Gasteiger partial charge in [0.25, 0.3) is 0 Å². The van der Waals surface area contributed by atoms with Gasteiger partial charge in [0.2, 0.25) is 0 Å². The maximum atomic E-state index is 8.40. The first-order chi connectivity index (χ1) is 23.4. The fourth-order valence-electron chi connectivity index (χ4n) is 5.49. The summed E-state index contributed by atoms with van der Waals surface area (Å²) in [4.78, 5) is 3.32. The first-order valence-corrected chi connectivity index (χ1v) is 15.6. The minimum absolute atomic E-state index is 0.198. The van der Waals surface area contributed by atoms with Crippen molar-refractivity contribution in [1.82, 2.24) is 0 Å². The van der Waals surface area contributed by atoms with E-state index in [2.05, 4.69) is 95.9 Å². The van der Waals surface area contributed by atoms with Crippen LogP contribution in [0.5, 0.6) is 0 Å². The van der Waals surface area contributed by atoms with Crippen molar-refractivity contribution in [3.63, 3.8) is 0 Å². The van der Waals surface area contributed by atoms with E-state index in [4.69, 9.17) is 6.85 Å². The summed E-state index contributed by atoms with van der Waals surface area (Å²) >= 11 is 3.53. The van der Waals surface area contributed by atoms with Gasteiger partial charge >= 0.3 is 0 Å². The molecule has 43 heavy (non-hydrogen) atoms. The lowest BCUT2D eigenvalue weighted by Gasteiger charge is -2.23. The highest BCUT2D eigenvalue weighted by Crippen LogP contribution is 2.43. The van der Waals surface area contributed by atoms with Crippen LogP contribution in [0.2, 0.25) is 0 Å². The van der Waals surface area contributed by atoms with E-state index < -0.39 is 6.04 Å². The van der Waals surface area contributed by atoms with Crippen molar-refractivity contribution in [2.24, 2.45) is 0 Å². The van der Waals surface area contributed by atoms with Crippen molar-refractivity contribution < 1.29 is 6.85 Å². The van der Waals surface area contributed by atoms with Gasteiger partial charge in [-0.1, -0.05) is 109 Å². The predicted molar refractivity (Wildman–Crippen MR) is 188 cm³/mol. The maximum absolute atomic E-state index is 8.40. The highest BCUT2D eigenvalue weighted by molar-refractivity contribution is 7.25.